The summed E-state index contributed by atoms with van der Waals surface area (Å²) in [7, 11) is -3.46. The molecule has 1 N–H and O–H groups in total. The van der Waals surface area contributed by atoms with Crippen molar-refractivity contribution in [1.82, 2.24) is 14.5 Å². The first kappa shape index (κ1) is 23.1. The number of hydrogen-bond acceptors (Lipinski definition) is 4. The van der Waals surface area contributed by atoms with E-state index in [0.717, 1.165) is 18.7 Å². The first-order chi connectivity index (χ1) is 14.8. The number of sulfonamides is 1. The lowest BCUT2D eigenvalue weighted by atomic mass is 10.2. The van der Waals surface area contributed by atoms with E-state index >= 15 is 0 Å². The molecule has 3 rings (SSSR count). The van der Waals surface area contributed by atoms with Gasteiger partial charge in [-0.3, -0.25) is 0 Å². The molecule has 168 valence electrons. The quantitative estimate of drug-likeness (QED) is 0.712. The number of anilines is 1. The second-order valence-electron chi connectivity index (χ2n) is 7.71. The Kier molecular flexibility index (Phi) is 7.56. The monoisotopic (exact) mass is 444 g/mol. The van der Waals surface area contributed by atoms with Crippen molar-refractivity contribution in [3.05, 3.63) is 59.7 Å². The normalized spacial score (nSPS) is 14.7. The molecular weight excluding hydrogens is 412 g/mol. The number of urea groups is 1. The molecule has 31 heavy (non-hydrogen) atoms. The zero-order chi connectivity index (χ0) is 22.4. The summed E-state index contributed by atoms with van der Waals surface area (Å²) in [6.45, 7) is 9.91. The third kappa shape index (κ3) is 5.57. The Labute approximate surface area is 185 Å². The van der Waals surface area contributed by atoms with Gasteiger partial charge in [0.25, 0.3) is 0 Å². The molecule has 0 spiro atoms. The van der Waals surface area contributed by atoms with Gasteiger partial charge in [-0.2, -0.15) is 4.31 Å². The van der Waals surface area contributed by atoms with Crippen molar-refractivity contribution < 1.29 is 13.2 Å². The molecule has 0 bridgehead atoms. The SMILES string of the molecule is CCN(CC)S(=O)(=O)c1ccc(CNC(=O)N2CCN(c3cccc(C)c3)CC2)cc1. The van der Waals surface area contributed by atoms with E-state index < -0.39 is 10.0 Å². The van der Waals surface area contributed by atoms with Gasteiger partial charge in [-0.05, 0) is 42.3 Å². The first-order valence-corrected chi connectivity index (χ1v) is 12.2. The number of hydrogen-bond donors (Lipinski definition) is 1. The zero-order valence-electron chi connectivity index (χ0n) is 18.5. The Morgan fingerprint density at radius 3 is 2.23 bits per heavy atom. The van der Waals surface area contributed by atoms with Crippen LogP contribution in [0.25, 0.3) is 0 Å². The Bertz CT molecular complexity index is 980. The van der Waals surface area contributed by atoms with Crippen LogP contribution in [0.5, 0.6) is 0 Å². The standard InChI is InChI=1S/C23H32N4O3S/c1-4-27(5-2)31(29,30)22-11-9-20(10-12-22)18-24-23(28)26-15-13-25(14-16-26)21-8-6-7-19(3)17-21/h6-12,17H,4-5,13-16,18H2,1-3H3,(H,24,28). The van der Waals surface area contributed by atoms with Crippen molar-refractivity contribution in [2.45, 2.75) is 32.2 Å². The number of nitrogens with one attached hydrogen (secondary N) is 1. The molecule has 0 atom stereocenters. The molecule has 0 aliphatic carbocycles. The smallest absolute Gasteiger partial charge is 0.317 e. The molecule has 0 aromatic heterocycles. The lowest BCUT2D eigenvalue weighted by Gasteiger charge is -2.36. The van der Waals surface area contributed by atoms with Crippen LogP contribution in [0.2, 0.25) is 0 Å². The Morgan fingerprint density at radius 2 is 1.65 bits per heavy atom. The minimum atomic E-state index is -3.46. The summed E-state index contributed by atoms with van der Waals surface area (Å²) in [5.74, 6) is 0. The van der Waals surface area contributed by atoms with Crippen LogP contribution in [-0.2, 0) is 16.6 Å². The maximum atomic E-state index is 12.6. The second kappa shape index (κ2) is 10.2. The molecule has 0 saturated carbocycles. The van der Waals surface area contributed by atoms with E-state index in [0.29, 0.717) is 32.7 Å². The van der Waals surface area contributed by atoms with Gasteiger partial charge in [-0.25, -0.2) is 13.2 Å². The summed E-state index contributed by atoms with van der Waals surface area (Å²) < 4.78 is 26.6. The number of aryl methyl sites for hydroxylation is 1. The van der Waals surface area contributed by atoms with Crippen LogP contribution in [0.4, 0.5) is 10.5 Å². The largest absolute Gasteiger partial charge is 0.368 e. The highest BCUT2D eigenvalue weighted by Gasteiger charge is 2.22. The highest BCUT2D eigenvalue weighted by atomic mass is 32.2. The summed E-state index contributed by atoms with van der Waals surface area (Å²) in [5, 5.41) is 2.94. The van der Waals surface area contributed by atoms with E-state index in [1.807, 2.05) is 18.7 Å². The highest BCUT2D eigenvalue weighted by Crippen LogP contribution is 2.18. The van der Waals surface area contributed by atoms with Crippen LogP contribution in [0.15, 0.2) is 53.4 Å². The van der Waals surface area contributed by atoms with Crippen molar-refractivity contribution in [3.8, 4) is 0 Å². The van der Waals surface area contributed by atoms with Gasteiger partial charge in [0.05, 0.1) is 4.90 Å². The van der Waals surface area contributed by atoms with Gasteiger partial charge < -0.3 is 15.1 Å². The number of nitrogens with zero attached hydrogens (tertiary/aromatic N) is 3. The minimum Gasteiger partial charge on any atom is -0.368 e. The molecule has 1 heterocycles. The molecule has 1 aliphatic heterocycles. The van der Waals surface area contributed by atoms with E-state index in [1.54, 1.807) is 24.3 Å². The van der Waals surface area contributed by atoms with Crippen molar-refractivity contribution in [1.29, 1.82) is 0 Å². The fraction of sp³-hybridized carbons (Fsp3) is 0.435. The van der Waals surface area contributed by atoms with Gasteiger partial charge in [0, 0.05) is 51.5 Å². The van der Waals surface area contributed by atoms with E-state index in [9.17, 15) is 13.2 Å². The van der Waals surface area contributed by atoms with Crippen LogP contribution in [0, 0.1) is 6.92 Å². The molecule has 2 aromatic carbocycles. The molecule has 0 unspecified atom stereocenters. The van der Waals surface area contributed by atoms with Crippen LogP contribution in [0.1, 0.15) is 25.0 Å². The Hall–Kier alpha value is -2.58. The van der Waals surface area contributed by atoms with Gasteiger partial charge in [0.2, 0.25) is 10.0 Å². The second-order valence-corrected chi connectivity index (χ2v) is 9.64. The van der Waals surface area contributed by atoms with E-state index in [4.69, 9.17) is 0 Å². The maximum Gasteiger partial charge on any atom is 0.317 e. The molecular formula is C23H32N4O3S. The van der Waals surface area contributed by atoms with Crippen molar-refractivity contribution >= 4 is 21.7 Å². The number of piperazine rings is 1. The predicted octanol–water partition coefficient (Wildman–Crippen LogP) is 3.06. The lowest BCUT2D eigenvalue weighted by Crippen LogP contribution is -2.51. The fourth-order valence-corrected chi connectivity index (χ4v) is 5.23. The molecule has 1 saturated heterocycles. The molecule has 2 aromatic rings. The van der Waals surface area contributed by atoms with Crippen molar-refractivity contribution in [2.75, 3.05) is 44.2 Å². The maximum absolute atomic E-state index is 12.6. The number of rotatable bonds is 7. The summed E-state index contributed by atoms with van der Waals surface area (Å²) in [6, 6.07) is 15.0. The first-order valence-electron chi connectivity index (χ1n) is 10.8. The van der Waals surface area contributed by atoms with E-state index in [1.165, 1.54) is 15.6 Å². The average molecular weight is 445 g/mol. The molecule has 7 nitrogen and oxygen atoms in total. The Balaban J connectivity index is 1.51. The number of carbonyl (C=O) groups excluding carboxylic acids is 1. The average Bonchev–Trinajstić information content (AvgIpc) is 2.78. The molecule has 1 fully saturated rings. The van der Waals surface area contributed by atoms with Crippen molar-refractivity contribution in [3.63, 3.8) is 0 Å². The molecule has 1 aliphatic rings. The van der Waals surface area contributed by atoms with Crippen molar-refractivity contribution in [2.24, 2.45) is 0 Å². The molecule has 0 radical (unpaired) electrons. The minimum absolute atomic E-state index is 0.0938. The van der Waals surface area contributed by atoms with E-state index in [-0.39, 0.29) is 10.9 Å². The number of amides is 2. The van der Waals surface area contributed by atoms with Crippen LogP contribution < -0.4 is 10.2 Å². The van der Waals surface area contributed by atoms with Gasteiger partial charge in [-0.15, -0.1) is 0 Å². The lowest BCUT2D eigenvalue weighted by molar-refractivity contribution is 0.194. The van der Waals surface area contributed by atoms with Crippen LogP contribution in [-0.4, -0.2) is 62.9 Å². The van der Waals surface area contributed by atoms with E-state index in [2.05, 4.69) is 41.4 Å². The van der Waals surface area contributed by atoms with Gasteiger partial charge in [-0.1, -0.05) is 38.1 Å². The molecule has 8 heteroatoms. The van der Waals surface area contributed by atoms with Gasteiger partial charge in [0.1, 0.15) is 0 Å². The third-order valence-corrected chi connectivity index (χ3v) is 7.71. The van der Waals surface area contributed by atoms with Crippen LogP contribution in [0.3, 0.4) is 0 Å². The summed E-state index contributed by atoms with van der Waals surface area (Å²) in [5.41, 5.74) is 3.29. The summed E-state index contributed by atoms with van der Waals surface area (Å²) >= 11 is 0. The molecule has 2 amide bonds. The zero-order valence-corrected chi connectivity index (χ0v) is 19.4. The summed E-state index contributed by atoms with van der Waals surface area (Å²) in [6.07, 6.45) is 0. The predicted molar refractivity (Wildman–Crippen MR) is 124 cm³/mol. The van der Waals surface area contributed by atoms with Gasteiger partial charge >= 0.3 is 6.03 Å². The summed E-state index contributed by atoms with van der Waals surface area (Å²) in [4.78, 5) is 17.0. The third-order valence-electron chi connectivity index (χ3n) is 5.64. The fourth-order valence-electron chi connectivity index (χ4n) is 3.77. The van der Waals surface area contributed by atoms with Crippen LogP contribution >= 0.6 is 0 Å². The number of benzene rings is 2. The number of carbonyl (C=O) groups is 1. The Morgan fingerprint density at radius 1 is 1.00 bits per heavy atom. The highest BCUT2D eigenvalue weighted by molar-refractivity contribution is 7.89. The van der Waals surface area contributed by atoms with Gasteiger partial charge in [0.15, 0.2) is 0 Å². The topological polar surface area (TPSA) is 73.0 Å².